The highest BCUT2D eigenvalue weighted by atomic mass is 16.2. The van der Waals surface area contributed by atoms with Crippen molar-refractivity contribution >= 4 is 5.91 Å². The van der Waals surface area contributed by atoms with Gasteiger partial charge in [0.25, 0.3) is 0 Å². The summed E-state index contributed by atoms with van der Waals surface area (Å²) in [6.07, 6.45) is 6.37. The number of amides is 1. The van der Waals surface area contributed by atoms with Crippen LogP contribution in [0.2, 0.25) is 0 Å². The second kappa shape index (κ2) is 8.15. The predicted octanol–water partition coefficient (Wildman–Crippen LogP) is 1.25. The maximum Gasteiger partial charge on any atom is 0.234 e. The van der Waals surface area contributed by atoms with Crippen molar-refractivity contribution in [3.05, 3.63) is 0 Å². The second-order valence-corrected chi connectivity index (χ2v) is 8.79. The number of piperidine rings is 1. The van der Waals surface area contributed by atoms with Crippen molar-refractivity contribution in [2.45, 2.75) is 39.0 Å². The molecule has 3 aliphatic rings. The number of rotatable bonds is 6. The number of hydrogen-bond donors (Lipinski definition) is 1. The molecule has 5 heteroatoms. The minimum Gasteiger partial charge on any atom is -0.355 e. The van der Waals surface area contributed by atoms with Crippen LogP contribution in [0.1, 0.15) is 39.0 Å². The number of carbonyl (C=O) groups excluding carboxylic acids is 1. The first-order valence-corrected chi connectivity index (χ1v) is 9.92. The van der Waals surface area contributed by atoms with Gasteiger partial charge in [0.2, 0.25) is 5.91 Å². The number of nitrogens with zero attached hydrogens (tertiary/aromatic N) is 3. The molecule has 3 fully saturated rings. The van der Waals surface area contributed by atoms with E-state index in [0.717, 1.165) is 26.2 Å². The Balaban J connectivity index is 1.34. The summed E-state index contributed by atoms with van der Waals surface area (Å²) in [5, 5.41) is 3.18. The van der Waals surface area contributed by atoms with Crippen LogP contribution in [0.15, 0.2) is 0 Å². The lowest BCUT2D eigenvalue weighted by Gasteiger charge is -2.40. The Morgan fingerprint density at radius 3 is 2.50 bits per heavy atom. The van der Waals surface area contributed by atoms with Crippen molar-refractivity contribution in [1.29, 1.82) is 0 Å². The van der Waals surface area contributed by atoms with E-state index in [9.17, 15) is 4.79 Å². The second-order valence-electron chi connectivity index (χ2n) is 8.79. The van der Waals surface area contributed by atoms with Crippen LogP contribution in [0.3, 0.4) is 0 Å². The fraction of sp³-hybridized carbons (Fsp3) is 0.947. The van der Waals surface area contributed by atoms with Crippen molar-refractivity contribution in [3.63, 3.8) is 0 Å². The smallest absolute Gasteiger partial charge is 0.234 e. The highest BCUT2D eigenvalue weighted by Gasteiger charge is 2.33. The molecule has 0 bridgehead atoms. The van der Waals surface area contributed by atoms with Gasteiger partial charge in [0.05, 0.1) is 6.54 Å². The Labute approximate surface area is 147 Å². The first kappa shape index (κ1) is 18.2. The van der Waals surface area contributed by atoms with Crippen LogP contribution in [0.5, 0.6) is 0 Å². The Hall–Kier alpha value is -0.650. The largest absolute Gasteiger partial charge is 0.355 e. The molecule has 1 N–H and O–H groups in total. The van der Waals surface area contributed by atoms with E-state index in [2.05, 4.69) is 34.0 Å². The molecule has 3 rings (SSSR count). The molecule has 3 heterocycles. The Kier molecular flexibility index (Phi) is 6.17. The maximum atomic E-state index is 12.1. The van der Waals surface area contributed by atoms with Crippen LogP contribution in [0.25, 0.3) is 0 Å². The summed E-state index contributed by atoms with van der Waals surface area (Å²) >= 11 is 0. The summed E-state index contributed by atoms with van der Waals surface area (Å²) in [5.74, 6) is 0.861. The SMILES string of the molecule is CN1CCC(C)(CN2CC[C@H](CNC(=O)CN3CCCC3)C2)CC1. The number of hydrogen-bond acceptors (Lipinski definition) is 4. The molecule has 0 aromatic heterocycles. The number of nitrogens with one attached hydrogen (secondary N) is 1. The molecule has 3 aliphatic heterocycles. The summed E-state index contributed by atoms with van der Waals surface area (Å²) in [6, 6.07) is 0. The minimum absolute atomic E-state index is 0.220. The summed E-state index contributed by atoms with van der Waals surface area (Å²) in [5.41, 5.74) is 0.487. The molecule has 1 amide bonds. The monoisotopic (exact) mass is 336 g/mol. The molecule has 24 heavy (non-hydrogen) atoms. The van der Waals surface area contributed by atoms with Gasteiger partial charge in [-0.25, -0.2) is 0 Å². The van der Waals surface area contributed by atoms with Crippen LogP contribution in [0, 0.1) is 11.3 Å². The van der Waals surface area contributed by atoms with Gasteiger partial charge in [-0.2, -0.15) is 0 Å². The quantitative estimate of drug-likeness (QED) is 0.792. The fourth-order valence-electron chi connectivity index (χ4n) is 4.54. The van der Waals surface area contributed by atoms with Crippen molar-refractivity contribution in [2.24, 2.45) is 11.3 Å². The minimum atomic E-state index is 0.220. The molecule has 0 saturated carbocycles. The molecule has 0 spiro atoms. The Morgan fingerprint density at radius 1 is 1.08 bits per heavy atom. The molecule has 0 aromatic rings. The fourth-order valence-corrected chi connectivity index (χ4v) is 4.54. The third kappa shape index (κ3) is 5.17. The van der Waals surface area contributed by atoms with Gasteiger partial charge in [0.1, 0.15) is 0 Å². The molecule has 3 saturated heterocycles. The van der Waals surface area contributed by atoms with Gasteiger partial charge in [-0.1, -0.05) is 6.92 Å². The van der Waals surface area contributed by atoms with Gasteiger partial charge < -0.3 is 15.1 Å². The van der Waals surface area contributed by atoms with Crippen molar-refractivity contribution < 1.29 is 4.79 Å². The molecule has 0 aromatic carbocycles. The van der Waals surface area contributed by atoms with E-state index in [0.29, 0.717) is 17.9 Å². The van der Waals surface area contributed by atoms with E-state index in [1.165, 1.54) is 58.3 Å². The molecule has 0 unspecified atom stereocenters. The zero-order valence-electron chi connectivity index (χ0n) is 15.7. The van der Waals surface area contributed by atoms with E-state index in [1.54, 1.807) is 0 Å². The number of likely N-dealkylation sites (tertiary alicyclic amines) is 3. The van der Waals surface area contributed by atoms with E-state index in [1.807, 2.05) is 0 Å². The average molecular weight is 337 g/mol. The third-order valence-electron chi connectivity index (χ3n) is 6.32. The normalized spacial score (nSPS) is 29.2. The molecule has 138 valence electrons. The lowest BCUT2D eigenvalue weighted by molar-refractivity contribution is -0.122. The average Bonchev–Trinajstić information content (AvgIpc) is 3.20. The highest BCUT2D eigenvalue weighted by Crippen LogP contribution is 2.32. The molecular weight excluding hydrogens is 300 g/mol. The summed E-state index contributed by atoms with van der Waals surface area (Å²) in [7, 11) is 2.23. The van der Waals surface area contributed by atoms with E-state index in [-0.39, 0.29) is 5.91 Å². The van der Waals surface area contributed by atoms with Crippen molar-refractivity contribution in [1.82, 2.24) is 20.0 Å². The molecule has 5 nitrogen and oxygen atoms in total. The third-order valence-corrected chi connectivity index (χ3v) is 6.32. The standard InChI is InChI=1S/C19H36N4O/c1-19(6-11-21(2)12-7-19)16-23-10-5-17(14-23)13-20-18(24)15-22-8-3-4-9-22/h17H,3-16H2,1-2H3,(H,20,24)/t17-/m1/s1. The lowest BCUT2D eigenvalue weighted by Crippen LogP contribution is -2.43. The van der Waals surface area contributed by atoms with Gasteiger partial charge in [-0.3, -0.25) is 9.69 Å². The molecular formula is C19H36N4O. The van der Waals surface area contributed by atoms with Gasteiger partial charge in [0.15, 0.2) is 0 Å². The zero-order valence-corrected chi connectivity index (χ0v) is 15.7. The summed E-state index contributed by atoms with van der Waals surface area (Å²) < 4.78 is 0. The topological polar surface area (TPSA) is 38.8 Å². The van der Waals surface area contributed by atoms with Crippen molar-refractivity contribution in [2.75, 3.05) is 66.0 Å². The first-order valence-electron chi connectivity index (χ1n) is 9.92. The van der Waals surface area contributed by atoms with E-state index >= 15 is 0 Å². The van der Waals surface area contributed by atoms with Crippen LogP contribution < -0.4 is 5.32 Å². The van der Waals surface area contributed by atoms with Crippen molar-refractivity contribution in [3.8, 4) is 0 Å². The zero-order chi connectivity index (χ0) is 17.0. The first-order chi connectivity index (χ1) is 11.5. The van der Waals surface area contributed by atoms with Crippen LogP contribution in [0.4, 0.5) is 0 Å². The molecule has 0 aliphatic carbocycles. The van der Waals surface area contributed by atoms with E-state index < -0.39 is 0 Å². The highest BCUT2D eigenvalue weighted by molar-refractivity contribution is 5.78. The van der Waals surface area contributed by atoms with Gasteiger partial charge in [0, 0.05) is 19.6 Å². The van der Waals surface area contributed by atoms with E-state index in [4.69, 9.17) is 0 Å². The Morgan fingerprint density at radius 2 is 1.79 bits per heavy atom. The Bertz CT molecular complexity index is 414. The predicted molar refractivity (Wildman–Crippen MR) is 98.1 cm³/mol. The van der Waals surface area contributed by atoms with Gasteiger partial charge in [-0.15, -0.1) is 0 Å². The van der Waals surface area contributed by atoms with Gasteiger partial charge >= 0.3 is 0 Å². The summed E-state index contributed by atoms with van der Waals surface area (Å²) in [6.45, 7) is 12.2. The van der Waals surface area contributed by atoms with Crippen LogP contribution in [-0.2, 0) is 4.79 Å². The number of carbonyl (C=O) groups is 1. The summed E-state index contributed by atoms with van der Waals surface area (Å²) in [4.78, 5) is 19.4. The lowest BCUT2D eigenvalue weighted by atomic mass is 9.80. The maximum absolute atomic E-state index is 12.1. The molecule has 1 atom stereocenters. The van der Waals surface area contributed by atoms with Crippen LogP contribution in [-0.4, -0.2) is 86.6 Å². The molecule has 0 radical (unpaired) electrons. The van der Waals surface area contributed by atoms with Gasteiger partial charge in [-0.05, 0) is 83.2 Å². The van der Waals surface area contributed by atoms with Crippen LogP contribution >= 0.6 is 0 Å².